The molecule has 4 rings (SSSR count). The Morgan fingerprint density at radius 1 is 1.08 bits per heavy atom. The summed E-state index contributed by atoms with van der Waals surface area (Å²) in [5.41, 5.74) is 4.54. The molecule has 212 valence electrons. The van der Waals surface area contributed by atoms with E-state index in [2.05, 4.69) is 62.0 Å². The predicted octanol–water partition coefficient (Wildman–Crippen LogP) is 6.86. The molecular weight excluding hydrogens is 488 g/mol. The van der Waals surface area contributed by atoms with E-state index in [1.54, 1.807) is 20.3 Å². The third-order valence-electron chi connectivity index (χ3n) is 8.19. The van der Waals surface area contributed by atoms with Crippen LogP contribution in [-0.4, -0.2) is 52.8 Å². The zero-order chi connectivity index (χ0) is 27.9. The van der Waals surface area contributed by atoms with Crippen LogP contribution in [0.5, 0.6) is 11.5 Å². The molecule has 1 fully saturated rings. The molecule has 2 aromatic carbocycles. The number of anilines is 1. The largest absolute Gasteiger partial charge is 0.496 e. The van der Waals surface area contributed by atoms with Crippen molar-refractivity contribution in [1.29, 1.82) is 0 Å². The van der Waals surface area contributed by atoms with E-state index in [4.69, 9.17) is 13.9 Å². The van der Waals surface area contributed by atoms with Gasteiger partial charge < -0.3 is 23.7 Å². The van der Waals surface area contributed by atoms with Crippen molar-refractivity contribution in [2.24, 2.45) is 5.92 Å². The second-order valence-corrected chi connectivity index (χ2v) is 11.3. The normalized spacial score (nSPS) is 16.8. The van der Waals surface area contributed by atoms with Crippen LogP contribution in [0.25, 0.3) is 11.0 Å². The number of likely N-dealkylation sites (tertiary alicyclic amines) is 1. The number of hydrogen-bond acceptors (Lipinski definition) is 6. The molecular formula is C33H46N2O4. The Labute approximate surface area is 233 Å². The summed E-state index contributed by atoms with van der Waals surface area (Å²) >= 11 is 0. The number of fused-ring (bicyclic) bond motifs is 1. The van der Waals surface area contributed by atoms with Gasteiger partial charge >= 0.3 is 5.63 Å². The van der Waals surface area contributed by atoms with Gasteiger partial charge in [-0.3, -0.25) is 0 Å². The van der Waals surface area contributed by atoms with Crippen molar-refractivity contribution in [3.8, 4) is 11.5 Å². The molecule has 2 atom stereocenters. The summed E-state index contributed by atoms with van der Waals surface area (Å²) in [6.45, 7) is 7.77. The lowest BCUT2D eigenvalue weighted by Crippen LogP contribution is -2.35. The van der Waals surface area contributed by atoms with E-state index in [9.17, 15) is 4.79 Å². The molecule has 1 aromatic heterocycles. The Morgan fingerprint density at radius 2 is 1.82 bits per heavy atom. The van der Waals surface area contributed by atoms with Crippen molar-refractivity contribution in [2.45, 2.75) is 64.7 Å². The number of unbranched alkanes of at least 4 members (excludes halogenated alkanes) is 2. The maximum atomic E-state index is 12.9. The van der Waals surface area contributed by atoms with Gasteiger partial charge in [-0.2, -0.15) is 0 Å². The first kappa shape index (κ1) is 29.0. The summed E-state index contributed by atoms with van der Waals surface area (Å²) in [5, 5.41) is 0.894. The van der Waals surface area contributed by atoms with Gasteiger partial charge in [0, 0.05) is 49.9 Å². The minimum absolute atomic E-state index is 0.00385. The predicted molar refractivity (Wildman–Crippen MR) is 161 cm³/mol. The number of nitrogens with zero attached hydrogens (tertiary/aromatic N) is 2. The number of ether oxygens (including phenoxy) is 2. The lowest BCUT2D eigenvalue weighted by Gasteiger charge is -2.32. The fourth-order valence-corrected chi connectivity index (χ4v) is 6.09. The molecule has 39 heavy (non-hydrogen) atoms. The number of hydrogen-bond donors (Lipinski definition) is 0. The van der Waals surface area contributed by atoms with Crippen LogP contribution in [0.1, 0.15) is 75.0 Å². The molecule has 0 bridgehead atoms. The number of aryl methyl sites for hydroxylation is 1. The zero-order valence-electron chi connectivity index (χ0n) is 24.7. The Kier molecular flexibility index (Phi) is 9.95. The summed E-state index contributed by atoms with van der Waals surface area (Å²) in [5.74, 6) is 2.10. The Hall–Kier alpha value is -2.99. The van der Waals surface area contributed by atoms with Crippen LogP contribution in [0.4, 0.5) is 5.69 Å². The number of rotatable bonds is 12. The third kappa shape index (κ3) is 6.78. The Bertz CT molecular complexity index is 1280. The molecule has 0 N–H and O–H groups in total. The van der Waals surface area contributed by atoms with Crippen molar-refractivity contribution in [2.75, 3.05) is 52.8 Å². The Morgan fingerprint density at radius 3 is 2.46 bits per heavy atom. The monoisotopic (exact) mass is 534 g/mol. The smallest absolute Gasteiger partial charge is 0.336 e. The summed E-state index contributed by atoms with van der Waals surface area (Å²) in [4.78, 5) is 17.6. The third-order valence-corrected chi connectivity index (χ3v) is 8.19. The first-order valence-electron chi connectivity index (χ1n) is 14.6. The van der Waals surface area contributed by atoms with Gasteiger partial charge in [0.2, 0.25) is 0 Å². The molecule has 2 unspecified atom stereocenters. The summed E-state index contributed by atoms with van der Waals surface area (Å²) in [6, 6.07) is 12.4. The average Bonchev–Trinajstić information content (AvgIpc) is 2.93. The van der Waals surface area contributed by atoms with E-state index < -0.39 is 0 Å². The van der Waals surface area contributed by atoms with Crippen molar-refractivity contribution < 1.29 is 13.9 Å². The molecule has 3 aromatic rings. The van der Waals surface area contributed by atoms with E-state index in [1.807, 2.05) is 6.07 Å². The number of benzene rings is 2. The van der Waals surface area contributed by atoms with Gasteiger partial charge in [0.1, 0.15) is 17.1 Å². The highest BCUT2D eigenvalue weighted by Crippen LogP contribution is 2.44. The lowest BCUT2D eigenvalue weighted by molar-refractivity contribution is 0.180. The van der Waals surface area contributed by atoms with Crippen LogP contribution < -0.4 is 20.0 Å². The van der Waals surface area contributed by atoms with Gasteiger partial charge in [-0.15, -0.1) is 0 Å². The van der Waals surface area contributed by atoms with Gasteiger partial charge in [0.15, 0.2) is 0 Å². The highest BCUT2D eigenvalue weighted by molar-refractivity contribution is 5.92. The zero-order valence-corrected chi connectivity index (χ0v) is 24.7. The standard InChI is InChI=1S/C33H46N2O4/c1-7-8-9-12-25-20-30(36)39-33-31(25)28(37-5)21-29(38-6)32(33)27(17-19-35-18-10-11-23(2)22-35)24-13-15-26(16-14-24)34(3)4/h13-16,20-21,23,27H,7-12,17-19,22H2,1-6H3. The van der Waals surface area contributed by atoms with E-state index in [1.165, 1.54) is 18.4 Å². The van der Waals surface area contributed by atoms with Crippen molar-refractivity contribution in [1.82, 2.24) is 4.90 Å². The van der Waals surface area contributed by atoms with Gasteiger partial charge in [0.05, 0.1) is 19.6 Å². The number of methoxy groups -OCH3 is 2. The van der Waals surface area contributed by atoms with E-state index in [-0.39, 0.29) is 11.5 Å². The molecule has 0 radical (unpaired) electrons. The van der Waals surface area contributed by atoms with Crippen LogP contribution in [-0.2, 0) is 6.42 Å². The summed E-state index contributed by atoms with van der Waals surface area (Å²) in [6.07, 6.45) is 7.50. The summed E-state index contributed by atoms with van der Waals surface area (Å²) in [7, 11) is 7.47. The fourth-order valence-electron chi connectivity index (χ4n) is 6.09. The molecule has 0 aliphatic carbocycles. The van der Waals surface area contributed by atoms with Crippen molar-refractivity contribution >= 4 is 16.7 Å². The van der Waals surface area contributed by atoms with Crippen molar-refractivity contribution in [3.63, 3.8) is 0 Å². The Balaban J connectivity index is 1.88. The van der Waals surface area contributed by atoms with Gasteiger partial charge in [-0.25, -0.2) is 4.79 Å². The van der Waals surface area contributed by atoms with Gasteiger partial charge in [0.25, 0.3) is 0 Å². The molecule has 6 nitrogen and oxygen atoms in total. The first-order valence-corrected chi connectivity index (χ1v) is 14.6. The van der Waals surface area contributed by atoms with Crippen LogP contribution in [0, 0.1) is 5.92 Å². The minimum Gasteiger partial charge on any atom is -0.496 e. The number of piperidine rings is 1. The quantitative estimate of drug-likeness (QED) is 0.187. The van der Waals surface area contributed by atoms with Gasteiger partial charge in [-0.1, -0.05) is 38.8 Å². The lowest BCUT2D eigenvalue weighted by atomic mass is 9.85. The average molecular weight is 535 g/mol. The van der Waals surface area contributed by atoms with Crippen molar-refractivity contribution in [3.05, 3.63) is 63.5 Å². The second kappa shape index (κ2) is 13.4. The fraction of sp³-hybridized carbons (Fsp3) is 0.545. The SMILES string of the molecule is CCCCCc1cc(=O)oc2c(C(CCN3CCCC(C)C3)c3ccc(N(C)C)cc3)c(OC)cc(OC)c12. The van der Waals surface area contributed by atoms with E-state index in [0.717, 1.165) is 79.9 Å². The van der Waals surface area contributed by atoms with Crippen LogP contribution >= 0.6 is 0 Å². The molecule has 2 heterocycles. The maximum absolute atomic E-state index is 12.9. The van der Waals surface area contributed by atoms with E-state index >= 15 is 0 Å². The maximum Gasteiger partial charge on any atom is 0.336 e. The van der Waals surface area contributed by atoms with E-state index in [0.29, 0.717) is 17.1 Å². The molecule has 1 aliphatic rings. The molecule has 0 amide bonds. The highest BCUT2D eigenvalue weighted by Gasteiger charge is 2.28. The second-order valence-electron chi connectivity index (χ2n) is 11.3. The molecule has 0 saturated carbocycles. The minimum atomic E-state index is -0.322. The molecule has 0 spiro atoms. The summed E-state index contributed by atoms with van der Waals surface area (Å²) < 4.78 is 17.9. The van der Waals surface area contributed by atoms with Crippen LogP contribution in [0.3, 0.4) is 0 Å². The molecule has 1 saturated heterocycles. The van der Waals surface area contributed by atoms with Crippen LogP contribution in [0.2, 0.25) is 0 Å². The molecule has 1 aliphatic heterocycles. The first-order chi connectivity index (χ1) is 18.9. The van der Waals surface area contributed by atoms with Crippen LogP contribution in [0.15, 0.2) is 45.6 Å². The topological polar surface area (TPSA) is 55.2 Å². The van der Waals surface area contributed by atoms with Gasteiger partial charge in [-0.05, 0) is 74.4 Å². The highest BCUT2D eigenvalue weighted by atomic mass is 16.5. The molecule has 6 heteroatoms.